The molecule has 0 saturated carbocycles. The van der Waals surface area contributed by atoms with Gasteiger partial charge in [-0.2, -0.15) is 0 Å². The van der Waals surface area contributed by atoms with Crippen molar-refractivity contribution in [3.05, 3.63) is 68.0 Å². The number of hydrogen-bond acceptors (Lipinski definition) is 1. The zero-order valence-corrected chi connectivity index (χ0v) is 14.8. The van der Waals surface area contributed by atoms with Gasteiger partial charge in [0.05, 0.1) is 0 Å². The van der Waals surface area contributed by atoms with E-state index in [1.807, 2.05) is 24.3 Å². The van der Waals surface area contributed by atoms with Crippen molar-refractivity contribution < 1.29 is 4.39 Å². The molecule has 2 aromatic carbocycles. The summed E-state index contributed by atoms with van der Waals surface area (Å²) in [6.45, 7) is 3.07. The first-order valence-corrected chi connectivity index (χ1v) is 8.48. The molecule has 21 heavy (non-hydrogen) atoms. The number of rotatable bonds is 6. The van der Waals surface area contributed by atoms with Gasteiger partial charge < -0.3 is 5.32 Å². The van der Waals surface area contributed by atoms with Crippen molar-refractivity contribution in [2.24, 2.45) is 0 Å². The average molecular weight is 418 g/mol. The molecule has 1 nitrogen and oxygen atoms in total. The minimum absolute atomic E-state index is 0.163. The molecule has 0 heterocycles. The van der Waals surface area contributed by atoms with Gasteiger partial charge in [0.2, 0.25) is 0 Å². The van der Waals surface area contributed by atoms with Crippen molar-refractivity contribution in [1.82, 2.24) is 5.32 Å². The third-order valence-electron chi connectivity index (χ3n) is 3.31. The standard InChI is InChI=1S/C17H18ClFIN/c1-2-8-21-17(10-12-4-3-5-13(18)9-12)15-7-6-14(19)11-16(15)20/h3-7,9,11,17,21H,2,8,10H2,1H3. The van der Waals surface area contributed by atoms with Gasteiger partial charge in [-0.1, -0.05) is 36.7 Å². The lowest BCUT2D eigenvalue weighted by Crippen LogP contribution is -2.25. The third-order valence-corrected chi connectivity index (χ3v) is 4.48. The maximum atomic E-state index is 13.3. The summed E-state index contributed by atoms with van der Waals surface area (Å²) in [7, 11) is 0. The van der Waals surface area contributed by atoms with Crippen molar-refractivity contribution >= 4 is 34.2 Å². The molecule has 0 spiro atoms. The summed E-state index contributed by atoms with van der Waals surface area (Å²) >= 11 is 8.26. The summed E-state index contributed by atoms with van der Waals surface area (Å²) in [5.74, 6) is -0.194. The molecule has 0 radical (unpaired) electrons. The molecule has 0 aliphatic heterocycles. The highest BCUT2D eigenvalue weighted by atomic mass is 127. The van der Waals surface area contributed by atoms with Crippen LogP contribution in [-0.2, 0) is 6.42 Å². The molecule has 0 bridgehead atoms. The van der Waals surface area contributed by atoms with E-state index in [4.69, 9.17) is 11.6 Å². The number of nitrogens with one attached hydrogen (secondary N) is 1. The predicted molar refractivity (Wildman–Crippen MR) is 95.3 cm³/mol. The van der Waals surface area contributed by atoms with Crippen molar-refractivity contribution in [2.75, 3.05) is 6.54 Å². The first kappa shape index (κ1) is 16.7. The second-order valence-corrected chi connectivity index (χ2v) is 6.61. The second kappa shape index (κ2) is 8.11. The van der Waals surface area contributed by atoms with Crippen LogP contribution in [0.2, 0.25) is 5.02 Å². The summed E-state index contributed by atoms with van der Waals surface area (Å²) < 4.78 is 14.2. The van der Waals surface area contributed by atoms with Gasteiger partial charge in [-0.25, -0.2) is 4.39 Å². The third kappa shape index (κ3) is 4.94. The van der Waals surface area contributed by atoms with Crippen LogP contribution >= 0.6 is 34.2 Å². The van der Waals surface area contributed by atoms with Gasteiger partial charge in [0, 0.05) is 14.6 Å². The van der Waals surface area contributed by atoms with Crippen LogP contribution in [0.1, 0.15) is 30.5 Å². The van der Waals surface area contributed by atoms with E-state index in [1.54, 1.807) is 6.07 Å². The molecule has 112 valence electrons. The largest absolute Gasteiger partial charge is 0.310 e. The monoisotopic (exact) mass is 417 g/mol. The summed E-state index contributed by atoms with van der Waals surface area (Å²) in [5.41, 5.74) is 2.31. The fourth-order valence-electron chi connectivity index (χ4n) is 2.29. The Bertz CT molecular complexity index is 603. The quantitative estimate of drug-likeness (QED) is 0.623. The van der Waals surface area contributed by atoms with Crippen LogP contribution in [0, 0.1) is 9.39 Å². The van der Waals surface area contributed by atoms with Gasteiger partial charge in [0.15, 0.2) is 0 Å². The number of hydrogen-bond donors (Lipinski definition) is 1. The summed E-state index contributed by atoms with van der Waals surface area (Å²) in [6.07, 6.45) is 1.89. The highest BCUT2D eigenvalue weighted by molar-refractivity contribution is 14.1. The molecule has 2 rings (SSSR count). The first-order chi connectivity index (χ1) is 10.1. The Morgan fingerprint density at radius 1 is 1.24 bits per heavy atom. The smallest absolute Gasteiger partial charge is 0.124 e. The van der Waals surface area contributed by atoms with Crippen LogP contribution in [0.3, 0.4) is 0 Å². The Hall–Kier alpha value is -0.650. The molecule has 0 fully saturated rings. The average Bonchev–Trinajstić information content (AvgIpc) is 2.44. The van der Waals surface area contributed by atoms with E-state index < -0.39 is 0 Å². The van der Waals surface area contributed by atoms with Gasteiger partial charge in [0.1, 0.15) is 5.82 Å². The van der Waals surface area contributed by atoms with Crippen LogP contribution in [-0.4, -0.2) is 6.54 Å². The van der Waals surface area contributed by atoms with E-state index in [9.17, 15) is 4.39 Å². The minimum atomic E-state index is -0.194. The lowest BCUT2D eigenvalue weighted by molar-refractivity contribution is 0.525. The van der Waals surface area contributed by atoms with E-state index in [1.165, 1.54) is 11.6 Å². The highest BCUT2D eigenvalue weighted by Crippen LogP contribution is 2.25. The van der Waals surface area contributed by atoms with Gasteiger partial charge >= 0.3 is 0 Å². The Kier molecular flexibility index (Phi) is 6.45. The molecule has 0 aliphatic carbocycles. The zero-order valence-electron chi connectivity index (χ0n) is 11.9. The number of halogens is 3. The second-order valence-electron chi connectivity index (χ2n) is 5.01. The molecular weight excluding hydrogens is 400 g/mol. The van der Waals surface area contributed by atoms with Crippen molar-refractivity contribution in [3.8, 4) is 0 Å². The zero-order chi connectivity index (χ0) is 15.2. The fourth-order valence-corrected chi connectivity index (χ4v) is 3.36. The molecule has 1 atom stereocenters. The Labute approximate surface area is 144 Å². The van der Waals surface area contributed by atoms with Crippen molar-refractivity contribution in [3.63, 3.8) is 0 Å². The first-order valence-electron chi connectivity index (χ1n) is 7.03. The highest BCUT2D eigenvalue weighted by Gasteiger charge is 2.15. The molecule has 1 unspecified atom stereocenters. The Balaban J connectivity index is 2.25. The van der Waals surface area contributed by atoms with Crippen LogP contribution in [0.25, 0.3) is 0 Å². The van der Waals surface area contributed by atoms with Gasteiger partial charge in [-0.15, -0.1) is 0 Å². The normalized spacial score (nSPS) is 12.4. The van der Waals surface area contributed by atoms with E-state index in [-0.39, 0.29) is 11.9 Å². The molecular formula is C17H18ClFIN. The maximum absolute atomic E-state index is 13.3. The summed E-state index contributed by atoms with van der Waals surface area (Å²) in [5, 5.41) is 4.29. The summed E-state index contributed by atoms with van der Waals surface area (Å²) in [4.78, 5) is 0. The van der Waals surface area contributed by atoms with Crippen LogP contribution in [0.5, 0.6) is 0 Å². The van der Waals surface area contributed by atoms with Crippen LogP contribution < -0.4 is 5.32 Å². The van der Waals surface area contributed by atoms with Crippen molar-refractivity contribution in [1.29, 1.82) is 0 Å². The molecule has 0 aromatic heterocycles. The van der Waals surface area contributed by atoms with E-state index in [0.717, 1.165) is 33.5 Å². The van der Waals surface area contributed by atoms with E-state index in [2.05, 4.69) is 40.9 Å². The topological polar surface area (TPSA) is 12.0 Å². The Morgan fingerprint density at radius 2 is 2.05 bits per heavy atom. The lowest BCUT2D eigenvalue weighted by atomic mass is 9.98. The molecule has 0 saturated heterocycles. The molecule has 0 amide bonds. The van der Waals surface area contributed by atoms with Gasteiger partial charge in [0.25, 0.3) is 0 Å². The molecule has 0 aliphatic rings. The van der Waals surface area contributed by atoms with E-state index >= 15 is 0 Å². The van der Waals surface area contributed by atoms with Gasteiger partial charge in [-0.05, 0) is 77.4 Å². The molecule has 2 aromatic rings. The van der Waals surface area contributed by atoms with Crippen molar-refractivity contribution in [2.45, 2.75) is 25.8 Å². The van der Waals surface area contributed by atoms with Crippen LogP contribution in [0.4, 0.5) is 4.39 Å². The number of benzene rings is 2. The summed E-state index contributed by atoms with van der Waals surface area (Å²) in [6, 6.07) is 13.0. The van der Waals surface area contributed by atoms with E-state index in [0.29, 0.717) is 0 Å². The molecule has 1 N–H and O–H groups in total. The lowest BCUT2D eigenvalue weighted by Gasteiger charge is -2.21. The fraction of sp³-hybridized carbons (Fsp3) is 0.294. The SMILES string of the molecule is CCCNC(Cc1cccc(Cl)c1)c1ccc(F)cc1I. The van der Waals surface area contributed by atoms with Gasteiger partial charge in [-0.3, -0.25) is 0 Å². The molecule has 4 heteroatoms. The minimum Gasteiger partial charge on any atom is -0.310 e. The van der Waals surface area contributed by atoms with Crippen LogP contribution in [0.15, 0.2) is 42.5 Å². The predicted octanol–water partition coefficient (Wildman–Crippen LogP) is 5.37. The Morgan fingerprint density at radius 3 is 2.71 bits per heavy atom. The maximum Gasteiger partial charge on any atom is 0.124 e.